The molecule has 0 aliphatic carbocycles. The van der Waals surface area contributed by atoms with Gasteiger partial charge in [-0.2, -0.15) is 0 Å². The van der Waals surface area contributed by atoms with Gasteiger partial charge in [-0.3, -0.25) is 0 Å². The van der Waals surface area contributed by atoms with E-state index < -0.39 is 0 Å². The van der Waals surface area contributed by atoms with Crippen molar-refractivity contribution in [2.24, 2.45) is 5.73 Å². The van der Waals surface area contributed by atoms with E-state index >= 15 is 0 Å². The van der Waals surface area contributed by atoms with Crippen LogP contribution in [0.1, 0.15) is 18.5 Å². The largest absolute Gasteiger partial charge is 0.399 e. The summed E-state index contributed by atoms with van der Waals surface area (Å²) in [4.78, 5) is 0. The van der Waals surface area contributed by atoms with E-state index in [1.807, 2.05) is 31.2 Å². The Hall–Kier alpha value is -0.730. The van der Waals surface area contributed by atoms with Crippen LogP contribution < -0.4 is 11.5 Å². The van der Waals surface area contributed by atoms with Gasteiger partial charge in [0.15, 0.2) is 0 Å². The van der Waals surface area contributed by atoms with Gasteiger partial charge in [0, 0.05) is 11.7 Å². The van der Waals surface area contributed by atoms with Crippen molar-refractivity contribution in [1.82, 2.24) is 0 Å². The highest BCUT2D eigenvalue weighted by atomic mass is 35.5. The number of rotatable bonds is 1. The number of benzene rings is 1. The smallest absolute Gasteiger partial charge is 0.0317 e. The molecule has 0 radical (unpaired) electrons. The van der Waals surface area contributed by atoms with Crippen LogP contribution >= 0.6 is 12.4 Å². The molecular formula is C8H13ClN2. The molecule has 0 aromatic heterocycles. The first-order valence-corrected chi connectivity index (χ1v) is 3.31. The standard InChI is InChI=1S/C8H12N2.ClH/c1-6(9)7-3-2-4-8(10)5-7;/h2-6H,9-10H2,1H3;1H/t6-;/m1./s1. The lowest BCUT2D eigenvalue weighted by molar-refractivity contribution is 0.819. The Kier molecular flexibility index (Phi) is 3.93. The Labute approximate surface area is 73.0 Å². The van der Waals surface area contributed by atoms with Crippen molar-refractivity contribution in [3.05, 3.63) is 29.8 Å². The lowest BCUT2D eigenvalue weighted by Crippen LogP contribution is -2.04. The zero-order valence-electron chi connectivity index (χ0n) is 6.45. The first-order valence-electron chi connectivity index (χ1n) is 3.31. The molecule has 1 rings (SSSR count). The summed E-state index contributed by atoms with van der Waals surface area (Å²) in [7, 11) is 0. The predicted molar refractivity (Wildman–Crippen MR) is 50.7 cm³/mol. The van der Waals surface area contributed by atoms with E-state index in [2.05, 4.69) is 0 Å². The van der Waals surface area contributed by atoms with Gasteiger partial charge < -0.3 is 11.5 Å². The molecule has 0 saturated carbocycles. The quantitative estimate of drug-likeness (QED) is 0.634. The second kappa shape index (κ2) is 4.21. The van der Waals surface area contributed by atoms with Gasteiger partial charge in [-0.05, 0) is 24.6 Å². The maximum atomic E-state index is 5.63. The van der Waals surface area contributed by atoms with Crippen LogP contribution in [-0.4, -0.2) is 0 Å². The summed E-state index contributed by atoms with van der Waals surface area (Å²) in [5.74, 6) is 0. The molecule has 62 valence electrons. The summed E-state index contributed by atoms with van der Waals surface area (Å²) in [5.41, 5.74) is 13.0. The van der Waals surface area contributed by atoms with Crippen molar-refractivity contribution < 1.29 is 0 Å². The van der Waals surface area contributed by atoms with E-state index in [9.17, 15) is 0 Å². The molecule has 0 unspecified atom stereocenters. The summed E-state index contributed by atoms with van der Waals surface area (Å²) < 4.78 is 0. The van der Waals surface area contributed by atoms with E-state index in [0.717, 1.165) is 11.3 Å². The maximum absolute atomic E-state index is 5.63. The molecular weight excluding hydrogens is 160 g/mol. The Morgan fingerprint density at radius 3 is 2.36 bits per heavy atom. The van der Waals surface area contributed by atoms with Crippen molar-refractivity contribution in [2.75, 3.05) is 5.73 Å². The fraction of sp³-hybridized carbons (Fsp3) is 0.250. The molecule has 0 amide bonds. The lowest BCUT2D eigenvalue weighted by atomic mass is 10.1. The molecule has 3 heteroatoms. The van der Waals surface area contributed by atoms with Crippen molar-refractivity contribution >= 4 is 18.1 Å². The van der Waals surface area contributed by atoms with E-state index in [1.54, 1.807) is 0 Å². The zero-order valence-corrected chi connectivity index (χ0v) is 7.27. The van der Waals surface area contributed by atoms with Gasteiger partial charge >= 0.3 is 0 Å². The van der Waals surface area contributed by atoms with Crippen molar-refractivity contribution in [2.45, 2.75) is 13.0 Å². The highest BCUT2D eigenvalue weighted by Crippen LogP contribution is 2.12. The Balaban J connectivity index is 0.000001000. The molecule has 1 aromatic carbocycles. The van der Waals surface area contributed by atoms with E-state index in [4.69, 9.17) is 11.5 Å². The summed E-state index contributed by atoms with van der Waals surface area (Å²) in [6.07, 6.45) is 0. The maximum Gasteiger partial charge on any atom is 0.0317 e. The van der Waals surface area contributed by atoms with Gasteiger partial charge in [0.2, 0.25) is 0 Å². The monoisotopic (exact) mass is 172 g/mol. The van der Waals surface area contributed by atoms with Crippen LogP contribution in [0.15, 0.2) is 24.3 Å². The summed E-state index contributed by atoms with van der Waals surface area (Å²) in [6, 6.07) is 7.70. The molecule has 0 aliphatic heterocycles. The SMILES string of the molecule is C[C@@H](N)c1cccc(N)c1.Cl. The molecule has 0 bridgehead atoms. The Morgan fingerprint density at radius 2 is 2.00 bits per heavy atom. The molecule has 0 fully saturated rings. The average molecular weight is 173 g/mol. The second-order valence-corrected chi connectivity index (χ2v) is 2.46. The first-order chi connectivity index (χ1) is 4.70. The van der Waals surface area contributed by atoms with Gasteiger partial charge in [-0.15, -0.1) is 12.4 Å². The van der Waals surface area contributed by atoms with Gasteiger partial charge in [-0.1, -0.05) is 12.1 Å². The lowest BCUT2D eigenvalue weighted by Gasteiger charge is -2.04. The van der Waals surface area contributed by atoms with E-state index in [1.165, 1.54) is 0 Å². The van der Waals surface area contributed by atoms with Crippen LogP contribution in [0.5, 0.6) is 0 Å². The number of hydrogen-bond acceptors (Lipinski definition) is 2. The second-order valence-electron chi connectivity index (χ2n) is 2.46. The van der Waals surface area contributed by atoms with Gasteiger partial charge in [-0.25, -0.2) is 0 Å². The molecule has 11 heavy (non-hydrogen) atoms. The third kappa shape index (κ3) is 2.78. The highest BCUT2D eigenvalue weighted by molar-refractivity contribution is 5.85. The summed E-state index contributed by atoms with van der Waals surface area (Å²) in [5, 5.41) is 0. The Bertz CT molecular complexity index is 223. The number of hydrogen-bond donors (Lipinski definition) is 2. The van der Waals surface area contributed by atoms with Crippen LogP contribution in [0.3, 0.4) is 0 Å². The van der Waals surface area contributed by atoms with Crippen LogP contribution in [0.4, 0.5) is 5.69 Å². The fourth-order valence-electron chi connectivity index (χ4n) is 0.842. The minimum Gasteiger partial charge on any atom is -0.399 e. The Morgan fingerprint density at radius 1 is 1.36 bits per heavy atom. The summed E-state index contributed by atoms with van der Waals surface area (Å²) in [6.45, 7) is 1.94. The van der Waals surface area contributed by atoms with Crippen molar-refractivity contribution in [1.29, 1.82) is 0 Å². The molecule has 0 spiro atoms. The zero-order chi connectivity index (χ0) is 7.56. The van der Waals surface area contributed by atoms with Gasteiger partial charge in [0.1, 0.15) is 0 Å². The molecule has 4 N–H and O–H groups in total. The number of anilines is 1. The minimum atomic E-state index is 0. The molecule has 0 aliphatic rings. The first kappa shape index (κ1) is 10.3. The summed E-state index contributed by atoms with van der Waals surface area (Å²) >= 11 is 0. The molecule has 1 aromatic rings. The van der Waals surface area contributed by atoms with Crippen LogP contribution in [0, 0.1) is 0 Å². The van der Waals surface area contributed by atoms with Gasteiger partial charge in [0.05, 0.1) is 0 Å². The van der Waals surface area contributed by atoms with Crippen molar-refractivity contribution in [3.8, 4) is 0 Å². The molecule has 0 saturated heterocycles. The molecule has 1 atom stereocenters. The topological polar surface area (TPSA) is 52.0 Å². The molecule has 2 nitrogen and oxygen atoms in total. The third-order valence-corrected chi connectivity index (χ3v) is 1.44. The van der Waals surface area contributed by atoms with Crippen LogP contribution in [0.25, 0.3) is 0 Å². The van der Waals surface area contributed by atoms with Gasteiger partial charge in [0.25, 0.3) is 0 Å². The molecule has 0 heterocycles. The number of halogens is 1. The minimum absolute atomic E-state index is 0. The van der Waals surface area contributed by atoms with Crippen LogP contribution in [0.2, 0.25) is 0 Å². The van der Waals surface area contributed by atoms with E-state index in [-0.39, 0.29) is 18.4 Å². The third-order valence-electron chi connectivity index (χ3n) is 1.44. The average Bonchev–Trinajstić information content (AvgIpc) is 1.88. The van der Waals surface area contributed by atoms with E-state index in [0.29, 0.717) is 0 Å². The normalized spacial score (nSPS) is 11.8. The van der Waals surface area contributed by atoms with Crippen LogP contribution in [-0.2, 0) is 0 Å². The fourth-order valence-corrected chi connectivity index (χ4v) is 0.842. The number of nitrogens with two attached hydrogens (primary N) is 2. The number of nitrogen functional groups attached to an aromatic ring is 1. The predicted octanol–water partition coefficient (Wildman–Crippen LogP) is 1.71. The highest BCUT2D eigenvalue weighted by Gasteiger charge is 1.96. The van der Waals surface area contributed by atoms with Crippen molar-refractivity contribution in [3.63, 3.8) is 0 Å².